The number of aromatic nitrogens is 1. The Hall–Kier alpha value is -1.03. The summed E-state index contributed by atoms with van der Waals surface area (Å²) in [4.78, 5) is 3.67. The van der Waals surface area contributed by atoms with Gasteiger partial charge in [0, 0.05) is 12.4 Å². The van der Waals surface area contributed by atoms with Crippen molar-refractivity contribution < 1.29 is 8.78 Å². The molecule has 1 aromatic rings. The van der Waals surface area contributed by atoms with E-state index < -0.39 is 12.5 Å². The average molecular weight is 158 g/mol. The van der Waals surface area contributed by atoms with Gasteiger partial charge >= 0.3 is 0 Å². The molecule has 0 aliphatic rings. The van der Waals surface area contributed by atoms with Crippen molar-refractivity contribution in [1.82, 2.24) is 4.98 Å². The molecule has 0 aromatic carbocycles. The number of rotatable bonds is 2. The van der Waals surface area contributed by atoms with Gasteiger partial charge in [0.2, 0.25) is 0 Å². The monoisotopic (exact) mass is 158 g/mol. The summed E-state index contributed by atoms with van der Waals surface area (Å²) in [5.74, 6) is 0. The minimum absolute atomic E-state index is 0.363. The summed E-state index contributed by atoms with van der Waals surface area (Å²) in [6.07, 6.45) is 0.331. The van der Waals surface area contributed by atoms with Gasteiger partial charge in [-0.2, -0.15) is 0 Å². The van der Waals surface area contributed by atoms with E-state index in [1.54, 1.807) is 6.07 Å². The molecule has 1 heterocycles. The van der Waals surface area contributed by atoms with E-state index in [1.165, 1.54) is 18.5 Å². The van der Waals surface area contributed by atoms with Crippen LogP contribution in [0, 0.1) is 0 Å². The second kappa shape index (κ2) is 3.39. The Kier molecular flexibility index (Phi) is 2.48. The molecule has 60 valence electrons. The summed E-state index contributed by atoms with van der Waals surface area (Å²) in [6.45, 7) is 0. The highest BCUT2D eigenvalue weighted by atomic mass is 19.3. The fourth-order valence-corrected chi connectivity index (χ4v) is 0.719. The van der Waals surface area contributed by atoms with Crippen molar-refractivity contribution in [3.05, 3.63) is 30.1 Å². The first-order valence-electron chi connectivity index (χ1n) is 3.15. The molecule has 0 amide bonds. The van der Waals surface area contributed by atoms with Gasteiger partial charge in [-0.05, 0) is 11.6 Å². The predicted molar refractivity (Wildman–Crippen MR) is 37.2 cm³/mol. The fourth-order valence-electron chi connectivity index (χ4n) is 0.719. The van der Waals surface area contributed by atoms with Crippen LogP contribution < -0.4 is 5.73 Å². The Morgan fingerprint density at radius 1 is 1.45 bits per heavy atom. The molecule has 1 rings (SSSR count). The van der Waals surface area contributed by atoms with Crippen LogP contribution in [0.25, 0.3) is 0 Å². The minimum Gasteiger partial charge on any atom is -0.319 e. The number of halogens is 2. The van der Waals surface area contributed by atoms with Crippen LogP contribution in [0.4, 0.5) is 8.78 Å². The molecule has 1 atom stereocenters. The van der Waals surface area contributed by atoms with E-state index in [2.05, 4.69) is 4.98 Å². The normalized spacial score (nSPS) is 13.5. The molecule has 11 heavy (non-hydrogen) atoms. The summed E-state index contributed by atoms with van der Waals surface area (Å²) < 4.78 is 23.9. The van der Waals surface area contributed by atoms with E-state index in [4.69, 9.17) is 5.73 Å². The van der Waals surface area contributed by atoms with Crippen molar-refractivity contribution >= 4 is 0 Å². The average Bonchev–Trinajstić information content (AvgIpc) is 2.05. The summed E-state index contributed by atoms with van der Waals surface area (Å²) in [6, 6.07) is 1.89. The molecule has 0 aliphatic carbocycles. The van der Waals surface area contributed by atoms with E-state index in [0.29, 0.717) is 5.56 Å². The molecule has 1 aromatic heterocycles. The largest absolute Gasteiger partial charge is 0.319 e. The van der Waals surface area contributed by atoms with Crippen molar-refractivity contribution in [3.8, 4) is 0 Å². The number of hydrogen-bond acceptors (Lipinski definition) is 2. The highest BCUT2D eigenvalue weighted by Crippen LogP contribution is 2.15. The van der Waals surface area contributed by atoms with Gasteiger partial charge < -0.3 is 5.73 Å². The highest BCUT2D eigenvalue weighted by molar-refractivity contribution is 5.13. The number of nitrogens with two attached hydrogens (primary N) is 1. The molecule has 2 nitrogen and oxygen atoms in total. The van der Waals surface area contributed by atoms with Gasteiger partial charge in [0.1, 0.15) is 0 Å². The molecule has 0 saturated heterocycles. The van der Waals surface area contributed by atoms with Gasteiger partial charge in [0.25, 0.3) is 6.43 Å². The third kappa shape index (κ3) is 1.94. The van der Waals surface area contributed by atoms with Crippen molar-refractivity contribution in [2.45, 2.75) is 12.5 Å². The van der Waals surface area contributed by atoms with Crippen molar-refractivity contribution in [3.63, 3.8) is 0 Å². The molecule has 0 unspecified atom stereocenters. The lowest BCUT2D eigenvalue weighted by Crippen LogP contribution is -2.18. The maximum atomic E-state index is 12.0. The highest BCUT2D eigenvalue weighted by Gasteiger charge is 2.16. The lowest BCUT2D eigenvalue weighted by Gasteiger charge is -2.08. The first-order valence-corrected chi connectivity index (χ1v) is 3.15. The molecule has 0 spiro atoms. The fraction of sp³-hybridized carbons (Fsp3) is 0.286. The van der Waals surface area contributed by atoms with E-state index in [9.17, 15) is 8.78 Å². The number of pyridine rings is 1. The first-order chi connectivity index (χ1) is 5.22. The molecule has 0 aliphatic heterocycles. The van der Waals surface area contributed by atoms with Crippen molar-refractivity contribution in [1.29, 1.82) is 0 Å². The molecule has 0 saturated carbocycles. The van der Waals surface area contributed by atoms with E-state index in [-0.39, 0.29) is 0 Å². The van der Waals surface area contributed by atoms with Crippen LogP contribution >= 0.6 is 0 Å². The summed E-state index contributed by atoms with van der Waals surface area (Å²) in [5, 5.41) is 0. The molecule has 0 bridgehead atoms. The van der Waals surface area contributed by atoms with Gasteiger partial charge in [0.15, 0.2) is 0 Å². The van der Waals surface area contributed by atoms with Crippen LogP contribution in [0.15, 0.2) is 24.5 Å². The second-order valence-corrected chi connectivity index (χ2v) is 2.15. The Morgan fingerprint density at radius 2 is 2.18 bits per heavy atom. The zero-order chi connectivity index (χ0) is 8.27. The first kappa shape index (κ1) is 8.07. The van der Waals surface area contributed by atoms with Crippen LogP contribution in [-0.4, -0.2) is 11.4 Å². The molecule has 4 heteroatoms. The van der Waals surface area contributed by atoms with Gasteiger partial charge in [0.05, 0.1) is 6.04 Å². The Morgan fingerprint density at radius 3 is 2.64 bits per heavy atom. The van der Waals surface area contributed by atoms with E-state index in [1.807, 2.05) is 0 Å². The minimum atomic E-state index is -2.53. The van der Waals surface area contributed by atoms with Gasteiger partial charge in [-0.1, -0.05) is 6.07 Å². The van der Waals surface area contributed by atoms with Crippen molar-refractivity contribution in [2.24, 2.45) is 5.73 Å². The quantitative estimate of drug-likeness (QED) is 0.705. The zero-order valence-electron chi connectivity index (χ0n) is 5.74. The molecular weight excluding hydrogens is 150 g/mol. The van der Waals surface area contributed by atoms with Crippen LogP contribution in [0.3, 0.4) is 0 Å². The van der Waals surface area contributed by atoms with Crippen LogP contribution in [0.2, 0.25) is 0 Å². The smallest absolute Gasteiger partial charge is 0.257 e. The lowest BCUT2D eigenvalue weighted by molar-refractivity contribution is 0.116. The summed E-state index contributed by atoms with van der Waals surface area (Å²) in [5.41, 5.74) is 5.51. The van der Waals surface area contributed by atoms with E-state index >= 15 is 0 Å². The van der Waals surface area contributed by atoms with Crippen molar-refractivity contribution in [2.75, 3.05) is 0 Å². The SMILES string of the molecule is N[C@@H](c1cccnc1)C(F)F. The Bertz CT molecular complexity index is 213. The topological polar surface area (TPSA) is 38.9 Å². The predicted octanol–water partition coefficient (Wildman–Crippen LogP) is 1.35. The Labute approximate surface area is 63.1 Å². The second-order valence-electron chi connectivity index (χ2n) is 2.15. The zero-order valence-corrected chi connectivity index (χ0v) is 5.74. The summed E-state index contributed by atoms with van der Waals surface area (Å²) in [7, 11) is 0. The van der Waals surface area contributed by atoms with E-state index in [0.717, 1.165) is 0 Å². The van der Waals surface area contributed by atoms with Gasteiger partial charge in [-0.25, -0.2) is 8.78 Å². The molecule has 2 N–H and O–H groups in total. The molecule has 0 fully saturated rings. The Balaban J connectivity index is 2.77. The standard InChI is InChI=1S/C7H8F2N2/c8-7(9)6(10)5-2-1-3-11-4-5/h1-4,6-7H,10H2/t6-/m0/s1. The number of nitrogens with zero attached hydrogens (tertiary/aromatic N) is 1. The van der Waals surface area contributed by atoms with Crippen LogP contribution in [-0.2, 0) is 0 Å². The third-order valence-electron chi connectivity index (χ3n) is 1.34. The number of alkyl halides is 2. The molecular formula is C7H8F2N2. The summed E-state index contributed by atoms with van der Waals surface area (Å²) >= 11 is 0. The van der Waals surface area contributed by atoms with Crippen LogP contribution in [0.1, 0.15) is 11.6 Å². The maximum absolute atomic E-state index is 12.0. The van der Waals surface area contributed by atoms with Gasteiger partial charge in [-0.3, -0.25) is 4.98 Å². The molecule has 0 radical (unpaired) electrons. The van der Waals surface area contributed by atoms with Crippen LogP contribution in [0.5, 0.6) is 0 Å². The lowest BCUT2D eigenvalue weighted by atomic mass is 10.1. The van der Waals surface area contributed by atoms with Gasteiger partial charge in [-0.15, -0.1) is 0 Å². The number of hydrogen-bond donors (Lipinski definition) is 1. The third-order valence-corrected chi connectivity index (χ3v) is 1.34. The maximum Gasteiger partial charge on any atom is 0.257 e.